The van der Waals surface area contributed by atoms with Gasteiger partial charge in [0.05, 0.1) is 5.56 Å². The molecule has 0 bridgehead atoms. The van der Waals surface area contributed by atoms with Crippen molar-refractivity contribution in [2.75, 3.05) is 11.9 Å². The normalized spacial score (nSPS) is 11.0. The maximum atomic E-state index is 12.3. The van der Waals surface area contributed by atoms with E-state index in [0.29, 0.717) is 16.3 Å². The van der Waals surface area contributed by atoms with Gasteiger partial charge in [0, 0.05) is 17.3 Å². The summed E-state index contributed by atoms with van der Waals surface area (Å²) in [6, 6.07) is 5.01. The van der Waals surface area contributed by atoms with Crippen LogP contribution in [-0.4, -0.2) is 23.9 Å². The van der Waals surface area contributed by atoms with Crippen LogP contribution >= 0.6 is 11.6 Å². The molecule has 1 aromatic rings. The van der Waals surface area contributed by atoms with Crippen LogP contribution in [0.25, 0.3) is 0 Å². The number of carbonyl (C=O) groups is 2. The standard InChI is InChI=1S/C14H20ClN3O2/c1-4-7-17-11-6-5-9(15)8-10(11)12(19)18-14(2,3)13(16)20/h5-6,8,17H,4,7H2,1-3H3,(H2,16,20)(H,18,19). The Bertz CT molecular complexity index is 515. The molecule has 5 nitrogen and oxygen atoms in total. The zero-order chi connectivity index (χ0) is 15.3. The quantitative estimate of drug-likeness (QED) is 0.752. The number of nitrogens with two attached hydrogens (primary N) is 1. The van der Waals surface area contributed by atoms with E-state index in [1.165, 1.54) is 0 Å². The van der Waals surface area contributed by atoms with Crippen LogP contribution in [0.1, 0.15) is 37.6 Å². The third-order valence-corrected chi connectivity index (χ3v) is 3.07. The molecule has 0 atom stereocenters. The van der Waals surface area contributed by atoms with E-state index in [1.807, 2.05) is 6.92 Å². The zero-order valence-corrected chi connectivity index (χ0v) is 12.7. The summed E-state index contributed by atoms with van der Waals surface area (Å²) in [4.78, 5) is 23.6. The molecular weight excluding hydrogens is 278 g/mol. The minimum absolute atomic E-state index is 0.389. The SMILES string of the molecule is CCCNc1ccc(Cl)cc1C(=O)NC(C)(C)C(N)=O. The van der Waals surface area contributed by atoms with Gasteiger partial charge in [0.1, 0.15) is 5.54 Å². The molecule has 20 heavy (non-hydrogen) atoms. The number of carbonyl (C=O) groups excluding carboxylic acids is 2. The van der Waals surface area contributed by atoms with Gasteiger partial charge in [-0.05, 0) is 38.5 Å². The van der Waals surface area contributed by atoms with E-state index < -0.39 is 17.4 Å². The first kappa shape index (κ1) is 16.3. The summed E-state index contributed by atoms with van der Waals surface area (Å²) in [5, 5.41) is 6.21. The van der Waals surface area contributed by atoms with Crippen molar-refractivity contribution < 1.29 is 9.59 Å². The minimum atomic E-state index is -1.12. The van der Waals surface area contributed by atoms with E-state index in [-0.39, 0.29) is 0 Å². The molecular formula is C14H20ClN3O2. The second-order valence-corrected chi connectivity index (χ2v) is 5.50. The molecule has 0 aliphatic carbocycles. The lowest BCUT2D eigenvalue weighted by atomic mass is 10.0. The second kappa shape index (κ2) is 6.61. The number of primary amides is 1. The fraction of sp³-hybridized carbons (Fsp3) is 0.429. The highest BCUT2D eigenvalue weighted by molar-refractivity contribution is 6.31. The molecule has 1 aromatic carbocycles. The number of benzene rings is 1. The predicted molar refractivity (Wildman–Crippen MR) is 81.0 cm³/mol. The van der Waals surface area contributed by atoms with Crippen molar-refractivity contribution in [1.82, 2.24) is 5.32 Å². The Kier molecular flexibility index (Phi) is 5.39. The average Bonchev–Trinajstić information content (AvgIpc) is 2.36. The molecule has 1 rings (SSSR count). The van der Waals surface area contributed by atoms with Crippen molar-refractivity contribution in [2.24, 2.45) is 5.73 Å². The number of hydrogen-bond acceptors (Lipinski definition) is 3. The van der Waals surface area contributed by atoms with Crippen molar-refractivity contribution in [3.63, 3.8) is 0 Å². The van der Waals surface area contributed by atoms with E-state index >= 15 is 0 Å². The molecule has 0 radical (unpaired) electrons. The molecule has 0 fully saturated rings. The van der Waals surface area contributed by atoms with Crippen molar-refractivity contribution in [3.05, 3.63) is 28.8 Å². The summed E-state index contributed by atoms with van der Waals surface area (Å²) in [5.74, 6) is -0.995. The molecule has 0 aromatic heterocycles. The lowest BCUT2D eigenvalue weighted by molar-refractivity contribution is -0.122. The first-order valence-electron chi connectivity index (χ1n) is 6.43. The first-order valence-corrected chi connectivity index (χ1v) is 6.81. The van der Waals surface area contributed by atoms with Crippen LogP contribution in [0.15, 0.2) is 18.2 Å². The molecule has 4 N–H and O–H groups in total. The van der Waals surface area contributed by atoms with Crippen LogP contribution in [0.4, 0.5) is 5.69 Å². The molecule has 0 saturated heterocycles. The van der Waals surface area contributed by atoms with Gasteiger partial charge in [0.25, 0.3) is 5.91 Å². The maximum absolute atomic E-state index is 12.3. The highest BCUT2D eigenvalue weighted by atomic mass is 35.5. The van der Waals surface area contributed by atoms with Crippen molar-refractivity contribution in [1.29, 1.82) is 0 Å². The van der Waals surface area contributed by atoms with Crippen molar-refractivity contribution in [3.8, 4) is 0 Å². The summed E-state index contributed by atoms with van der Waals surface area (Å²) >= 11 is 5.93. The Morgan fingerprint density at radius 1 is 1.35 bits per heavy atom. The largest absolute Gasteiger partial charge is 0.384 e. The minimum Gasteiger partial charge on any atom is -0.384 e. The molecule has 6 heteroatoms. The highest BCUT2D eigenvalue weighted by Gasteiger charge is 2.28. The lowest BCUT2D eigenvalue weighted by Gasteiger charge is -2.23. The van der Waals surface area contributed by atoms with Crippen LogP contribution in [0.2, 0.25) is 5.02 Å². The summed E-state index contributed by atoms with van der Waals surface area (Å²) in [7, 11) is 0. The first-order chi connectivity index (χ1) is 9.27. The molecule has 2 amide bonds. The topological polar surface area (TPSA) is 84.2 Å². The number of nitrogens with one attached hydrogen (secondary N) is 2. The van der Waals surface area contributed by atoms with Crippen LogP contribution in [0, 0.1) is 0 Å². The summed E-state index contributed by atoms with van der Waals surface area (Å²) in [5.41, 5.74) is 5.19. The van der Waals surface area contributed by atoms with E-state index in [2.05, 4.69) is 10.6 Å². The predicted octanol–water partition coefficient (Wildman–Crippen LogP) is 2.16. The van der Waals surface area contributed by atoms with E-state index in [0.717, 1.165) is 13.0 Å². The van der Waals surface area contributed by atoms with Crippen molar-refractivity contribution >= 4 is 29.1 Å². The van der Waals surface area contributed by atoms with Gasteiger partial charge in [-0.25, -0.2) is 0 Å². The highest BCUT2D eigenvalue weighted by Crippen LogP contribution is 2.21. The molecule has 110 valence electrons. The van der Waals surface area contributed by atoms with Gasteiger partial charge in [0.15, 0.2) is 0 Å². The van der Waals surface area contributed by atoms with Gasteiger partial charge in [-0.3, -0.25) is 9.59 Å². The van der Waals surface area contributed by atoms with Crippen molar-refractivity contribution in [2.45, 2.75) is 32.7 Å². The van der Waals surface area contributed by atoms with Crippen LogP contribution in [-0.2, 0) is 4.79 Å². The molecule has 0 aliphatic heterocycles. The number of halogens is 1. The Balaban J connectivity index is 3.02. The zero-order valence-electron chi connectivity index (χ0n) is 11.9. The van der Waals surface area contributed by atoms with Gasteiger partial charge in [-0.15, -0.1) is 0 Å². The van der Waals surface area contributed by atoms with Gasteiger partial charge in [-0.2, -0.15) is 0 Å². The third kappa shape index (κ3) is 4.13. The van der Waals surface area contributed by atoms with Crippen LogP contribution < -0.4 is 16.4 Å². The Morgan fingerprint density at radius 2 is 2.00 bits per heavy atom. The number of rotatable bonds is 6. The number of anilines is 1. The summed E-state index contributed by atoms with van der Waals surface area (Å²) < 4.78 is 0. The summed E-state index contributed by atoms with van der Waals surface area (Å²) in [6.07, 6.45) is 0.927. The number of amides is 2. The Hall–Kier alpha value is -1.75. The molecule has 0 aliphatic rings. The molecule has 0 saturated carbocycles. The van der Waals surface area contributed by atoms with Gasteiger partial charge in [0.2, 0.25) is 5.91 Å². The van der Waals surface area contributed by atoms with Gasteiger partial charge in [-0.1, -0.05) is 18.5 Å². The molecule has 0 unspecified atom stereocenters. The van der Waals surface area contributed by atoms with E-state index in [4.69, 9.17) is 17.3 Å². The maximum Gasteiger partial charge on any atom is 0.254 e. The molecule has 0 heterocycles. The van der Waals surface area contributed by atoms with Gasteiger partial charge < -0.3 is 16.4 Å². The summed E-state index contributed by atoms with van der Waals surface area (Å²) in [6.45, 7) is 5.87. The average molecular weight is 298 g/mol. The second-order valence-electron chi connectivity index (χ2n) is 5.06. The smallest absolute Gasteiger partial charge is 0.254 e. The fourth-order valence-corrected chi connectivity index (χ4v) is 1.70. The Morgan fingerprint density at radius 3 is 2.55 bits per heavy atom. The fourth-order valence-electron chi connectivity index (χ4n) is 1.53. The van der Waals surface area contributed by atoms with Crippen LogP contribution in [0.5, 0.6) is 0 Å². The molecule has 0 spiro atoms. The van der Waals surface area contributed by atoms with Gasteiger partial charge >= 0.3 is 0 Å². The lowest BCUT2D eigenvalue weighted by Crippen LogP contribution is -2.53. The van der Waals surface area contributed by atoms with E-state index in [9.17, 15) is 9.59 Å². The Labute approximate surface area is 123 Å². The van der Waals surface area contributed by atoms with Crippen LogP contribution in [0.3, 0.4) is 0 Å². The monoisotopic (exact) mass is 297 g/mol. The van der Waals surface area contributed by atoms with E-state index in [1.54, 1.807) is 32.0 Å². The third-order valence-electron chi connectivity index (χ3n) is 2.83. The number of hydrogen-bond donors (Lipinski definition) is 3.